The number of amides is 1. The molecule has 0 atom stereocenters. The van der Waals surface area contributed by atoms with Gasteiger partial charge in [-0.3, -0.25) is 14.7 Å². The Bertz CT molecular complexity index is 397. The second-order valence-corrected chi connectivity index (χ2v) is 6.95. The summed E-state index contributed by atoms with van der Waals surface area (Å²) in [7, 11) is 0. The lowest BCUT2D eigenvalue weighted by atomic mass is 10.2. The smallest absolute Gasteiger partial charge is 0.222 e. The third-order valence-corrected chi connectivity index (χ3v) is 4.70. The van der Waals surface area contributed by atoms with E-state index in [1.165, 1.54) is 6.42 Å². The number of rotatable bonds is 10. The quantitative estimate of drug-likeness (QED) is 0.359. The van der Waals surface area contributed by atoms with Crippen LogP contribution in [-0.4, -0.2) is 73.5 Å². The lowest BCUT2D eigenvalue weighted by Gasteiger charge is -2.25. The number of carbonyl (C=O) groups is 1. The van der Waals surface area contributed by atoms with Crippen molar-refractivity contribution in [3.63, 3.8) is 0 Å². The van der Waals surface area contributed by atoms with Gasteiger partial charge in [0, 0.05) is 51.7 Å². The number of hydrogen-bond acceptors (Lipinski definition) is 3. The van der Waals surface area contributed by atoms with E-state index in [0.717, 1.165) is 77.5 Å². The van der Waals surface area contributed by atoms with E-state index >= 15 is 0 Å². The van der Waals surface area contributed by atoms with Crippen molar-refractivity contribution >= 4 is 11.9 Å². The third-order valence-electron chi connectivity index (χ3n) is 4.70. The molecule has 6 heteroatoms. The Morgan fingerprint density at radius 1 is 1.24 bits per heavy atom. The minimum absolute atomic E-state index is 0.319. The maximum absolute atomic E-state index is 12.0. The van der Waals surface area contributed by atoms with Gasteiger partial charge < -0.3 is 15.5 Å². The Balaban J connectivity index is 2.32. The largest absolute Gasteiger partial charge is 0.357 e. The van der Waals surface area contributed by atoms with Crippen LogP contribution >= 0.6 is 0 Å². The number of hydrogen-bond donors (Lipinski definition) is 2. The van der Waals surface area contributed by atoms with E-state index in [1.807, 2.05) is 4.90 Å². The van der Waals surface area contributed by atoms with Gasteiger partial charge in [0.05, 0.1) is 0 Å². The first-order valence-corrected chi connectivity index (χ1v) is 10.1. The lowest BCUT2D eigenvalue weighted by molar-refractivity contribution is -0.130. The highest BCUT2D eigenvalue weighted by molar-refractivity contribution is 5.79. The average Bonchev–Trinajstić information content (AvgIpc) is 2.79. The Morgan fingerprint density at radius 2 is 2.04 bits per heavy atom. The molecule has 1 amide bonds. The van der Waals surface area contributed by atoms with Gasteiger partial charge in [-0.1, -0.05) is 13.3 Å². The maximum atomic E-state index is 12.0. The Kier molecular flexibility index (Phi) is 11.3. The molecule has 146 valence electrons. The van der Waals surface area contributed by atoms with Crippen molar-refractivity contribution in [2.45, 2.75) is 65.8 Å². The van der Waals surface area contributed by atoms with Gasteiger partial charge in [-0.15, -0.1) is 0 Å². The van der Waals surface area contributed by atoms with E-state index < -0.39 is 0 Å². The predicted molar refractivity (Wildman–Crippen MR) is 106 cm³/mol. The normalized spacial score (nSPS) is 16.5. The summed E-state index contributed by atoms with van der Waals surface area (Å²) in [5.41, 5.74) is 0. The molecule has 0 aliphatic carbocycles. The van der Waals surface area contributed by atoms with Crippen LogP contribution in [0, 0.1) is 0 Å². The van der Waals surface area contributed by atoms with Crippen LogP contribution in [-0.2, 0) is 4.79 Å². The Labute approximate surface area is 154 Å². The van der Waals surface area contributed by atoms with E-state index in [1.54, 1.807) is 0 Å². The Hall–Kier alpha value is -1.30. The molecule has 0 aromatic carbocycles. The predicted octanol–water partition coefficient (Wildman–Crippen LogP) is 2.06. The van der Waals surface area contributed by atoms with Crippen LogP contribution in [0.5, 0.6) is 0 Å². The van der Waals surface area contributed by atoms with E-state index in [4.69, 9.17) is 0 Å². The highest BCUT2D eigenvalue weighted by Crippen LogP contribution is 2.11. The molecule has 1 aliphatic heterocycles. The van der Waals surface area contributed by atoms with Crippen LogP contribution in [0.25, 0.3) is 0 Å². The molecule has 1 aliphatic rings. The van der Waals surface area contributed by atoms with Gasteiger partial charge in [-0.2, -0.15) is 0 Å². The molecule has 0 aromatic heterocycles. The number of carbonyl (C=O) groups excluding carboxylic acids is 1. The van der Waals surface area contributed by atoms with E-state index in [2.05, 4.69) is 48.2 Å². The molecule has 0 aromatic rings. The fraction of sp³-hybridized carbons (Fsp3) is 0.895. The summed E-state index contributed by atoms with van der Waals surface area (Å²) >= 11 is 0. The minimum atomic E-state index is 0.319. The minimum Gasteiger partial charge on any atom is -0.357 e. The van der Waals surface area contributed by atoms with Crippen LogP contribution in [0.4, 0.5) is 0 Å². The summed E-state index contributed by atoms with van der Waals surface area (Å²) < 4.78 is 0. The first-order valence-electron chi connectivity index (χ1n) is 10.1. The highest BCUT2D eigenvalue weighted by atomic mass is 16.2. The van der Waals surface area contributed by atoms with Gasteiger partial charge in [0.1, 0.15) is 0 Å². The summed E-state index contributed by atoms with van der Waals surface area (Å²) in [5.74, 6) is 1.20. The molecule has 0 saturated carbocycles. The second-order valence-electron chi connectivity index (χ2n) is 6.95. The third kappa shape index (κ3) is 9.10. The van der Waals surface area contributed by atoms with Crippen molar-refractivity contribution in [2.24, 2.45) is 4.99 Å². The fourth-order valence-corrected chi connectivity index (χ4v) is 3.17. The molecular weight excluding hydrogens is 314 g/mol. The van der Waals surface area contributed by atoms with E-state index in [0.29, 0.717) is 11.9 Å². The van der Waals surface area contributed by atoms with Crippen LogP contribution in [0.1, 0.15) is 59.8 Å². The summed E-state index contributed by atoms with van der Waals surface area (Å²) in [5, 5.41) is 6.71. The van der Waals surface area contributed by atoms with Crippen LogP contribution in [0.15, 0.2) is 4.99 Å². The number of aliphatic imine (C=N–C) groups is 1. The zero-order chi connectivity index (χ0) is 18.5. The SMILES string of the molecule is CCNC(=NCCCN1CCCCCC1=O)NCCN(CC)C(C)C. The zero-order valence-corrected chi connectivity index (χ0v) is 16.8. The zero-order valence-electron chi connectivity index (χ0n) is 16.8. The average molecular weight is 354 g/mol. The van der Waals surface area contributed by atoms with Crippen LogP contribution < -0.4 is 10.6 Å². The molecule has 2 N–H and O–H groups in total. The fourth-order valence-electron chi connectivity index (χ4n) is 3.17. The van der Waals surface area contributed by atoms with Gasteiger partial charge in [0.15, 0.2) is 5.96 Å². The van der Waals surface area contributed by atoms with Crippen molar-refractivity contribution in [2.75, 3.05) is 45.8 Å². The lowest BCUT2D eigenvalue weighted by Crippen LogP contribution is -2.43. The number of nitrogens with zero attached hydrogens (tertiary/aromatic N) is 3. The number of likely N-dealkylation sites (N-methyl/N-ethyl adjacent to an activating group) is 1. The van der Waals surface area contributed by atoms with Gasteiger partial charge in [-0.05, 0) is 46.6 Å². The molecule has 0 radical (unpaired) electrons. The molecular formula is C19H39N5O. The maximum Gasteiger partial charge on any atom is 0.222 e. The standard InChI is InChI=1S/C19H39N5O/c1-5-20-19(22-13-16-23(6-2)17(3)4)21-12-10-15-24-14-9-7-8-11-18(24)25/h17H,5-16H2,1-4H3,(H2,20,21,22). The van der Waals surface area contributed by atoms with Crippen molar-refractivity contribution < 1.29 is 4.79 Å². The number of likely N-dealkylation sites (tertiary alicyclic amines) is 1. The summed E-state index contributed by atoms with van der Waals surface area (Å²) in [6, 6.07) is 0.567. The molecule has 0 unspecified atom stereocenters. The van der Waals surface area contributed by atoms with Crippen molar-refractivity contribution in [3.05, 3.63) is 0 Å². The molecule has 1 rings (SSSR count). The highest BCUT2D eigenvalue weighted by Gasteiger charge is 2.15. The molecule has 0 spiro atoms. The van der Waals surface area contributed by atoms with Gasteiger partial charge >= 0.3 is 0 Å². The van der Waals surface area contributed by atoms with Crippen molar-refractivity contribution in [3.8, 4) is 0 Å². The summed E-state index contributed by atoms with van der Waals surface area (Å²) in [6.07, 6.45) is 5.02. The summed E-state index contributed by atoms with van der Waals surface area (Å²) in [4.78, 5) is 21.1. The monoisotopic (exact) mass is 353 g/mol. The number of nitrogens with one attached hydrogen (secondary N) is 2. The van der Waals surface area contributed by atoms with Gasteiger partial charge in [0.25, 0.3) is 0 Å². The van der Waals surface area contributed by atoms with E-state index in [9.17, 15) is 4.79 Å². The van der Waals surface area contributed by atoms with Crippen molar-refractivity contribution in [1.82, 2.24) is 20.4 Å². The van der Waals surface area contributed by atoms with Gasteiger partial charge in [0.2, 0.25) is 5.91 Å². The van der Waals surface area contributed by atoms with Crippen molar-refractivity contribution in [1.29, 1.82) is 0 Å². The topological polar surface area (TPSA) is 60.0 Å². The molecule has 1 fully saturated rings. The van der Waals surface area contributed by atoms with E-state index in [-0.39, 0.29) is 0 Å². The molecule has 1 saturated heterocycles. The molecule has 25 heavy (non-hydrogen) atoms. The molecule has 6 nitrogen and oxygen atoms in total. The van der Waals surface area contributed by atoms with Crippen LogP contribution in [0.2, 0.25) is 0 Å². The Morgan fingerprint density at radius 3 is 2.72 bits per heavy atom. The molecule has 0 bridgehead atoms. The number of guanidine groups is 1. The first kappa shape index (κ1) is 21.7. The molecule has 1 heterocycles. The van der Waals surface area contributed by atoms with Crippen LogP contribution in [0.3, 0.4) is 0 Å². The second kappa shape index (κ2) is 13.0. The summed E-state index contributed by atoms with van der Waals surface area (Å²) in [6.45, 7) is 15.1. The van der Waals surface area contributed by atoms with Gasteiger partial charge in [-0.25, -0.2) is 0 Å². The first-order chi connectivity index (χ1) is 12.1.